The molecule has 0 amide bonds. The molecule has 29 heavy (non-hydrogen) atoms. The number of piperidine rings is 1. The lowest BCUT2D eigenvalue weighted by atomic mass is 9.99. The van der Waals surface area contributed by atoms with Crippen LogP contribution in [0, 0.1) is 17.6 Å². The van der Waals surface area contributed by atoms with Gasteiger partial charge < -0.3 is 26.4 Å². The molecule has 2 aliphatic heterocycles. The van der Waals surface area contributed by atoms with E-state index in [1.807, 2.05) is 0 Å². The second-order valence-electron chi connectivity index (χ2n) is 7.27. The van der Waals surface area contributed by atoms with Crippen LogP contribution in [0.3, 0.4) is 0 Å². The second-order valence-corrected chi connectivity index (χ2v) is 8.18. The highest BCUT2D eigenvalue weighted by Gasteiger charge is 2.28. The van der Waals surface area contributed by atoms with Crippen LogP contribution < -0.4 is 26.4 Å². The number of halogens is 3. The number of hydrogen-bond acceptors (Lipinski definition) is 6. The van der Waals surface area contributed by atoms with Crippen LogP contribution in [0.25, 0.3) is 0 Å². The Balaban J connectivity index is 1.58. The lowest BCUT2D eigenvalue weighted by Crippen LogP contribution is -2.36. The van der Waals surface area contributed by atoms with Gasteiger partial charge in [-0.1, -0.05) is 15.9 Å². The molecule has 0 aromatic heterocycles. The van der Waals surface area contributed by atoms with Gasteiger partial charge in [-0.25, -0.2) is 13.8 Å². The molecule has 5 N–H and O–H groups in total. The summed E-state index contributed by atoms with van der Waals surface area (Å²) in [6.45, 7) is 2.57. The molecular formula is C20H22BrF2N5O. The molecule has 6 nitrogen and oxygen atoms in total. The Bertz CT molecular complexity index is 926. The number of nitrogens with zero attached hydrogens (tertiary/aromatic N) is 2. The number of ether oxygens (including phenoxy) is 1. The number of nitrogens with two attached hydrogens (primary N) is 2. The number of fused-ring (bicyclic) bond motifs is 1. The maximum absolute atomic E-state index is 14.4. The van der Waals surface area contributed by atoms with Crippen LogP contribution in [-0.2, 0) is 0 Å². The summed E-state index contributed by atoms with van der Waals surface area (Å²) in [7, 11) is 0. The van der Waals surface area contributed by atoms with Crippen molar-refractivity contribution in [3.63, 3.8) is 0 Å². The fraction of sp³-hybridized carbons (Fsp3) is 0.350. The van der Waals surface area contributed by atoms with Gasteiger partial charge in [0.25, 0.3) is 0 Å². The van der Waals surface area contributed by atoms with Crippen molar-refractivity contribution in [2.24, 2.45) is 16.6 Å². The first-order chi connectivity index (χ1) is 13.9. The average Bonchev–Trinajstić information content (AvgIpc) is 2.69. The minimum atomic E-state index is -0.839. The van der Waals surface area contributed by atoms with Crippen LogP contribution in [-0.4, -0.2) is 26.0 Å². The Morgan fingerprint density at radius 1 is 1.17 bits per heavy atom. The molecule has 1 atom stereocenters. The van der Waals surface area contributed by atoms with Crippen LogP contribution in [0.2, 0.25) is 0 Å². The fourth-order valence-electron chi connectivity index (χ4n) is 3.66. The van der Waals surface area contributed by atoms with Crippen LogP contribution >= 0.6 is 15.9 Å². The highest BCUT2D eigenvalue weighted by atomic mass is 79.9. The van der Waals surface area contributed by atoms with Crippen LogP contribution in [0.5, 0.6) is 5.75 Å². The highest BCUT2D eigenvalue weighted by Crippen LogP contribution is 2.40. The maximum Gasteiger partial charge on any atom is 0.151 e. The zero-order chi connectivity index (χ0) is 20.5. The van der Waals surface area contributed by atoms with Gasteiger partial charge in [-0.15, -0.1) is 0 Å². The molecule has 2 heterocycles. The Labute approximate surface area is 176 Å². The van der Waals surface area contributed by atoms with E-state index >= 15 is 0 Å². The molecule has 1 unspecified atom stereocenters. The topological polar surface area (TPSA) is 88.9 Å². The summed E-state index contributed by atoms with van der Waals surface area (Å²) < 4.78 is 35.0. The van der Waals surface area contributed by atoms with E-state index in [0.29, 0.717) is 39.7 Å². The summed E-state index contributed by atoms with van der Waals surface area (Å²) >= 11 is 3.08. The minimum Gasteiger partial charge on any atom is -0.491 e. The van der Waals surface area contributed by atoms with Crippen LogP contribution in [0.1, 0.15) is 24.6 Å². The Kier molecular flexibility index (Phi) is 5.71. The van der Waals surface area contributed by atoms with Crippen molar-refractivity contribution in [1.82, 2.24) is 5.32 Å². The Morgan fingerprint density at radius 2 is 1.86 bits per heavy atom. The third-order valence-electron chi connectivity index (χ3n) is 5.27. The summed E-state index contributed by atoms with van der Waals surface area (Å²) in [5, 5.41) is 3.32. The molecular weight excluding hydrogens is 444 g/mol. The van der Waals surface area contributed by atoms with E-state index in [-0.39, 0.29) is 5.69 Å². The first kappa shape index (κ1) is 20.1. The number of aliphatic imine (C=N–C) groups is 1. The molecule has 154 valence electrons. The summed E-state index contributed by atoms with van der Waals surface area (Å²) in [5.74, 6) is -0.452. The minimum absolute atomic E-state index is 0.264. The van der Waals surface area contributed by atoms with Gasteiger partial charge in [0.1, 0.15) is 17.6 Å². The largest absolute Gasteiger partial charge is 0.491 e. The van der Waals surface area contributed by atoms with Gasteiger partial charge in [-0.2, -0.15) is 0 Å². The molecule has 9 heteroatoms. The lowest BCUT2D eigenvalue weighted by Gasteiger charge is -2.32. The van der Waals surface area contributed by atoms with Crippen LogP contribution in [0.15, 0.2) is 33.7 Å². The fourth-order valence-corrected chi connectivity index (χ4v) is 4.06. The molecule has 1 fully saturated rings. The van der Waals surface area contributed by atoms with Crippen molar-refractivity contribution in [1.29, 1.82) is 0 Å². The number of benzene rings is 2. The predicted molar refractivity (Wildman–Crippen MR) is 114 cm³/mol. The third-order valence-corrected chi connectivity index (χ3v) is 5.73. The molecule has 0 radical (unpaired) electrons. The highest BCUT2D eigenvalue weighted by molar-refractivity contribution is 9.10. The molecule has 2 aromatic carbocycles. The second kappa shape index (κ2) is 8.25. The summed E-state index contributed by atoms with van der Waals surface area (Å²) in [6.07, 6.45) is 2.61. The van der Waals surface area contributed by atoms with Crippen LogP contribution in [0.4, 0.5) is 25.8 Å². The number of hydrogen-bond donors (Lipinski definition) is 3. The normalized spacial score (nSPS) is 19.3. The van der Waals surface area contributed by atoms with E-state index in [1.165, 1.54) is 23.4 Å². The standard InChI is InChI=1S/C20H22BrF2N5O/c21-12-5-14(22)19(15(23)6-12)28-10-27-17-8-18(16(24)7-13(17)20(28)25)29-9-11-1-3-26-4-2-11/h5-8,10-11,20,26H,1-4,9,24-25H2. The van der Waals surface area contributed by atoms with Gasteiger partial charge in [0, 0.05) is 16.1 Å². The Hall–Kier alpha value is -2.23. The van der Waals surface area contributed by atoms with Crippen molar-refractivity contribution >= 4 is 39.3 Å². The van der Waals surface area contributed by atoms with E-state index in [4.69, 9.17) is 16.2 Å². The summed E-state index contributed by atoms with van der Waals surface area (Å²) in [6, 6.07) is 5.75. The summed E-state index contributed by atoms with van der Waals surface area (Å²) in [5.41, 5.74) is 13.8. The number of anilines is 2. The molecule has 0 bridgehead atoms. The quantitative estimate of drug-likeness (QED) is 0.597. The van der Waals surface area contributed by atoms with Crippen molar-refractivity contribution in [3.05, 3.63) is 45.9 Å². The summed E-state index contributed by atoms with van der Waals surface area (Å²) in [4.78, 5) is 5.59. The smallest absolute Gasteiger partial charge is 0.151 e. The van der Waals surface area contributed by atoms with Gasteiger partial charge >= 0.3 is 0 Å². The molecule has 4 rings (SSSR count). The zero-order valence-electron chi connectivity index (χ0n) is 15.7. The van der Waals surface area contributed by atoms with E-state index in [0.717, 1.165) is 25.9 Å². The van der Waals surface area contributed by atoms with Crippen molar-refractivity contribution in [3.8, 4) is 5.75 Å². The molecule has 2 aliphatic rings. The molecule has 0 spiro atoms. The number of nitrogens with one attached hydrogen (secondary N) is 1. The van der Waals surface area contributed by atoms with E-state index in [2.05, 4.69) is 26.2 Å². The van der Waals surface area contributed by atoms with Crippen molar-refractivity contribution in [2.75, 3.05) is 30.3 Å². The lowest BCUT2D eigenvalue weighted by molar-refractivity contribution is 0.216. The van der Waals surface area contributed by atoms with Gasteiger partial charge in [-0.05, 0) is 50.0 Å². The predicted octanol–water partition coefficient (Wildman–Crippen LogP) is 3.83. The SMILES string of the molecule is Nc1cc2c(cc1OCC1CCNCC1)N=CN(c1c(F)cc(Br)cc1F)C2N. The molecule has 0 saturated carbocycles. The van der Waals surface area contributed by atoms with Gasteiger partial charge in [0.2, 0.25) is 0 Å². The monoisotopic (exact) mass is 465 g/mol. The van der Waals surface area contributed by atoms with Crippen molar-refractivity contribution in [2.45, 2.75) is 19.0 Å². The zero-order valence-corrected chi connectivity index (χ0v) is 17.3. The van der Waals surface area contributed by atoms with Gasteiger partial charge in [0.05, 0.1) is 24.3 Å². The first-order valence-electron chi connectivity index (χ1n) is 9.43. The number of rotatable bonds is 4. The Morgan fingerprint density at radius 3 is 2.55 bits per heavy atom. The molecule has 1 saturated heterocycles. The number of nitrogen functional groups attached to an aromatic ring is 1. The van der Waals surface area contributed by atoms with E-state index < -0.39 is 17.8 Å². The van der Waals surface area contributed by atoms with Crippen molar-refractivity contribution < 1.29 is 13.5 Å². The van der Waals surface area contributed by atoms with Gasteiger partial charge in [0.15, 0.2) is 11.6 Å². The molecule has 2 aromatic rings. The average molecular weight is 466 g/mol. The first-order valence-corrected chi connectivity index (χ1v) is 10.2. The van der Waals surface area contributed by atoms with E-state index in [9.17, 15) is 8.78 Å². The maximum atomic E-state index is 14.4. The van der Waals surface area contributed by atoms with Gasteiger partial charge in [-0.3, -0.25) is 0 Å². The molecule has 0 aliphatic carbocycles. The third kappa shape index (κ3) is 4.08. The van der Waals surface area contributed by atoms with E-state index in [1.54, 1.807) is 12.1 Å².